The first-order valence-corrected chi connectivity index (χ1v) is 8.77. The molecule has 4 heteroatoms. The monoisotopic (exact) mass is 346 g/mol. The summed E-state index contributed by atoms with van der Waals surface area (Å²) in [5.41, 5.74) is 25.5. The van der Waals surface area contributed by atoms with Gasteiger partial charge in [0.2, 0.25) is 0 Å². The van der Waals surface area contributed by atoms with E-state index < -0.39 is 0 Å². The summed E-state index contributed by atoms with van der Waals surface area (Å²) in [6.07, 6.45) is 0. The molecule has 0 unspecified atom stereocenters. The summed E-state index contributed by atoms with van der Waals surface area (Å²) in [6, 6.07) is 22.1. The number of nitrogens with zero attached hydrogens (tertiary/aromatic N) is 1. The first kappa shape index (κ1) is 17.8. The minimum atomic E-state index is 0.731. The molecule has 0 aliphatic carbocycles. The maximum atomic E-state index is 6.21. The highest BCUT2D eigenvalue weighted by atomic mass is 15.1. The fraction of sp³-hybridized carbons (Fsp3) is 0.182. The summed E-state index contributed by atoms with van der Waals surface area (Å²) < 4.78 is 0. The molecule has 0 fully saturated rings. The van der Waals surface area contributed by atoms with Crippen LogP contribution in [0.15, 0.2) is 66.7 Å². The van der Waals surface area contributed by atoms with Crippen molar-refractivity contribution < 1.29 is 0 Å². The third kappa shape index (κ3) is 4.35. The Morgan fingerprint density at radius 1 is 0.615 bits per heavy atom. The van der Waals surface area contributed by atoms with Crippen molar-refractivity contribution in [2.24, 2.45) is 0 Å². The second-order valence-electron chi connectivity index (χ2n) is 6.75. The van der Waals surface area contributed by atoms with Gasteiger partial charge in [0.1, 0.15) is 0 Å². The number of nitrogens with two attached hydrogens (primary N) is 3. The number of hydrogen-bond acceptors (Lipinski definition) is 4. The Bertz CT molecular complexity index is 841. The molecule has 0 saturated carbocycles. The molecule has 0 heterocycles. The predicted octanol–water partition coefficient (Wildman–Crippen LogP) is 3.94. The first-order chi connectivity index (χ1) is 12.5. The van der Waals surface area contributed by atoms with E-state index in [0.717, 1.165) is 53.4 Å². The summed E-state index contributed by atoms with van der Waals surface area (Å²) in [7, 11) is 0. The summed E-state index contributed by atoms with van der Waals surface area (Å²) >= 11 is 0. The van der Waals surface area contributed by atoms with E-state index in [0.29, 0.717) is 0 Å². The molecule has 3 aromatic carbocycles. The van der Waals surface area contributed by atoms with Gasteiger partial charge in [0.05, 0.1) is 0 Å². The van der Waals surface area contributed by atoms with Crippen LogP contribution in [0.4, 0.5) is 17.1 Å². The second-order valence-corrected chi connectivity index (χ2v) is 6.75. The van der Waals surface area contributed by atoms with E-state index in [9.17, 15) is 0 Å². The highest BCUT2D eigenvalue weighted by molar-refractivity contribution is 5.50. The number of anilines is 3. The minimum absolute atomic E-state index is 0.731. The lowest BCUT2D eigenvalue weighted by atomic mass is 10.1. The predicted molar refractivity (Wildman–Crippen MR) is 110 cm³/mol. The van der Waals surface area contributed by atoms with E-state index in [2.05, 4.69) is 30.0 Å². The van der Waals surface area contributed by atoms with Crippen molar-refractivity contribution in [3.05, 3.63) is 89.0 Å². The van der Waals surface area contributed by atoms with Gasteiger partial charge in [0, 0.05) is 36.7 Å². The van der Waals surface area contributed by atoms with Crippen LogP contribution in [0.2, 0.25) is 0 Å². The average molecular weight is 346 g/mol. The molecule has 0 amide bonds. The topological polar surface area (TPSA) is 81.3 Å². The Balaban J connectivity index is 1.89. The molecule has 0 aliphatic heterocycles. The zero-order chi connectivity index (χ0) is 18.5. The molecule has 3 aromatic rings. The van der Waals surface area contributed by atoms with Crippen molar-refractivity contribution in [1.29, 1.82) is 0 Å². The van der Waals surface area contributed by atoms with Gasteiger partial charge in [-0.25, -0.2) is 0 Å². The molecular formula is C22H26N4. The highest BCUT2D eigenvalue weighted by Crippen LogP contribution is 2.23. The third-order valence-electron chi connectivity index (χ3n) is 4.59. The van der Waals surface area contributed by atoms with Crippen molar-refractivity contribution in [3.63, 3.8) is 0 Å². The molecular weight excluding hydrogens is 320 g/mol. The van der Waals surface area contributed by atoms with E-state index in [-0.39, 0.29) is 0 Å². The summed E-state index contributed by atoms with van der Waals surface area (Å²) in [5, 5.41) is 0. The number of hydrogen-bond donors (Lipinski definition) is 3. The Hall–Kier alpha value is -2.98. The zero-order valence-corrected chi connectivity index (χ0v) is 15.2. The van der Waals surface area contributed by atoms with E-state index in [4.69, 9.17) is 17.2 Å². The molecule has 3 rings (SSSR count). The van der Waals surface area contributed by atoms with Gasteiger partial charge in [0.15, 0.2) is 0 Å². The van der Waals surface area contributed by atoms with Gasteiger partial charge in [0.25, 0.3) is 0 Å². The molecule has 0 atom stereocenters. The number of aryl methyl sites for hydroxylation is 1. The van der Waals surface area contributed by atoms with E-state index in [1.165, 1.54) is 5.56 Å². The van der Waals surface area contributed by atoms with Crippen molar-refractivity contribution in [1.82, 2.24) is 4.90 Å². The van der Waals surface area contributed by atoms with Crippen LogP contribution in [0.25, 0.3) is 0 Å². The molecule has 0 radical (unpaired) electrons. The molecule has 26 heavy (non-hydrogen) atoms. The summed E-state index contributed by atoms with van der Waals surface area (Å²) in [6.45, 7) is 4.27. The molecule has 6 N–H and O–H groups in total. The lowest BCUT2D eigenvalue weighted by molar-refractivity contribution is 0.249. The summed E-state index contributed by atoms with van der Waals surface area (Å²) in [5.74, 6) is 0. The Morgan fingerprint density at radius 3 is 1.62 bits per heavy atom. The molecule has 0 aliphatic rings. The number of rotatable bonds is 6. The highest BCUT2D eigenvalue weighted by Gasteiger charge is 2.13. The second kappa shape index (κ2) is 7.93. The molecule has 0 saturated heterocycles. The Morgan fingerprint density at radius 2 is 1.08 bits per heavy atom. The number of benzene rings is 3. The first-order valence-electron chi connectivity index (χ1n) is 8.77. The van der Waals surface area contributed by atoms with Gasteiger partial charge in [-0.2, -0.15) is 0 Å². The van der Waals surface area contributed by atoms with Crippen molar-refractivity contribution in [2.45, 2.75) is 26.6 Å². The van der Waals surface area contributed by atoms with Crippen LogP contribution < -0.4 is 17.2 Å². The average Bonchev–Trinajstić information content (AvgIpc) is 2.62. The lowest BCUT2D eigenvalue weighted by Gasteiger charge is -2.25. The van der Waals surface area contributed by atoms with Crippen LogP contribution >= 0.6 is 0 Å². The van der Waals surface area contributed by atoms with Gasteiger partial charge in [-0.3, -0.25) is 4.90 Å². The normalized spacial score (nSPS) is 11.0. The van der Waals surface area contributed by atoms with E-state index in [1.807, 2.05) is 48.5 Å². The van der Waals surface area contributed by atoms with Crippen LogP contribution in [-0.4, -0.2) is 4.90 Å². The van der Waals surface area contributed by atoms with Gasteiger partial charge < -0.3 is 17.2 Å². The van der Waals surface area contributed by atoms with Gasteiger partial charge in [-0.1, -0.05) is 54.1 Å². The largest absolute Gasteiger partial charge is 0.398 e. The maximum absolute atomic E-state index is 6.21. The molecule has 0 bridgehead atoms. The van der Waals surface area contributed by atoms with Crippen LogP contribution in [0.3, 0.4) is 0 Å². The van der Waals surface area contributed by atoms with Crippen molar-refractivity contribution in [2.75, 3.05) is 17.2 Å². The standard InChI is InChI=1S/C22H26N4/c1-16-10-11-22(25)19(12-16)15-26(13-17-6-2-4-8-20(17)23)14-18-7-3-5-9-21(18)24/h2-12H,13-15,23-25H2,1H3. The fourth-order valence-electron chi connectivity index (χ4n) is 3.12. The molecule has 0 spiro atoms. The van der Waals surface area contributed by atoms with Crippen LogP contribution in [0, 0.1) is 6.92 Å². The third-order valence-corrected chi connectivity index (χ3v) is 4.59. The SMILES string of the molecule is Cc1ccc(N)c(CN(Cc2ccccc2N)Cc2ccccc2N)c1. The van der Waals surface area contributed by atoms with Crippen molar-refractivity contribution >= 4 is 17.1 Å². The van der Waals surface area contributed by atoms with Gasteiger partial charge in [-0.15, -0.1) is 0 Å². The Labute approximate surface area is 155 Å². The maximum Gasteiger partial charge on any atom is 0.0359 e. The van der Waals surface area contributed by atoms with Crippen LogP contribution in [0.1, 0.15) is 22.3 Å². The van der Waals surface area contributed by atoms with Gasteiger partial charge >= 0.3 is 0 Å². The van der Waals surface area contributed by atoms with Crippen molar-refractivity contribution in [3.8, 4) is 0 Å². The summed E-state index contributed by atoms with van der Waals surface area (Å²) in [4.78, 5) is 2.32. The van der Waals surface area contributed by atoms with E-state index >= 15 is 0 Å². The fourth-order valence-corrected chi connectivity index (χ4v) is 3.12. The van der Waals surface area contributed by atoms with Crippen LogP contribution in [0.5, 0.6) is 0 Å². The number of para-hydroxylation sites is 2. The van der Waals surface area contributed by atoms with Gasteiger partial charge in [-0.05, 0) is 41.8 Å². The molecule has 4 nitrogen and oxygen atoms in total. The van der Waals surface area contributed by atoms with E-state index in [1.54, 1.807) is 0 Å². The van der Waals surface area contributed by atoms with Crippen LogP contribution in [-0.2, 0) is 19.6 Å². The minimum Gasteiger partial charge on any atom is -0.398 e. The number of nitrogen functional groups attached to an aromatic ring is 3. The molecule has 0 aromatic heterocycles. The smallest absolute Gasteiger partial charge is 0.0359 e. The Kier molecular flexibility index (Phi) is 5.44. The lowest BCUT2D eigenvalue weighted by Crippen LogP contribution is -2.24. The quantitative estimate of drug-likeness (QED) is 0.590. The zero-order valence-electron chi connectivity index (χ0n) is 15.2. The molecule has 134 valence electrons.